The Kier molecular flexibility index (Phi) is 2.36. The number of anilines is 1. The van der Waals surface area contributed by atoms with Crippen molar-refractivity contribution >= 4 is 11.7 Å². The number of ether oxygens (including phenoxy) is 1. The summed E-state index contributed by atoms with van der Waals surface area (Å²) < 4.78 is 17.6. The number of carbonyl (C=O) groups is 1. The molecular weight excluding hydrogens is 177 g/mol. The molecule has 1 rings (SSSR count). The van der Waals surface area contributed by atoms with Crippen LogP contribution in [0.5, 0.6) is 5.75 Å². The summed E-state index contributed by atoms with van der Waals surface area (Å²) in [5, 5.41) is 8.61. The molecule has 0 heterocycles. The molecule has 0 aliphatic rings. The van der Waals surface area contributed by atoms with Crippen molar-refractivity contribution in [2.45, 2.75) is 0 Å². The maximum atomic E-state index is 12.9. The summed E-state index contributed by atoms with van der Waals surface area (Å²) in [5.41, 5.74) is 4.52. The molecule has 1 aromatic rings. The van der Waals surface area contributed by atoms with E-state index in [0.717, 1.165) is 6.07 Å². The van der Waals surface area contributed by atoms with Crippen LogP contribution in [0.15, 0.2) is 12.1 Å². The lowest BCUT2D eigenvalue weighted by molar-refractivity contribution is 0.0697. The number of nitrogen functional groups attached to an aromatic ring is 1. The molecule has 13 heavy (non-hydrogen) atoms. The first-order valence-corrected chi connectivity index (χ1v) is 3.42. The summed E-state index contributed by atoms with van der Waals surface area (Å²) >= 11 is 0. The van der Waals surface area contributed by atoms with Crippen LogP contribution in [-0.4, -0.2) is 18.2 Å². The monoisotopic (exact) mass is 185 g/mol. The average molecular weight is 185 g/mol. The van der Waals surface area contributed by atoms with E-state index in [1.807, 2.05) is 0 Å². The molecule has 70 valence electrons. The van der Waals surface area contributed by atoms with E-state index in [1.165, 1.54) is 13.2 Å². The number of aromatic carboxylic acids is 1. The largest absolute Gasteiger partial charge is 0.497 e. The molecule has 5 heteroatoms. The minimum atomic E-state index is -1.28. The van der Waals surface area contributed by atoms with Crippen LogP contribution in [0.2, 0.25) is 0 Å². The summed E-state index contributed by atoms with van der Waals surface area (Å²) in [6.45, 7) is 0. The molecule has 3 N–H and O–H groups in total. The van der Waals surface area contributed by atoms with Crippen molar-refractivity contribution in [3.63, 3.8) is 0 Å². The van der Waals surface area contributed by atoms with Gasteiger partial charge in [-0.25, -0.2) is 9.18 Å². The number of halogens is 1. The summed E-state index contributed by atoms with van der Waals surface area (Å²) in [6.07, 6.45) is 0. The molecule has 0 aliphatic heterocycles. The second-order valence-corrected chi connectivity index (χ2v) is 2.38. The second-order valence-electron chi connectivity index (χ2n) is 2.38. The van der Waals surface area contributed by atoms with E-state index in [2.05, 4.69) is 4.74 Å². The smallest absolute Gasteiger partial charge is 0.338 e. The van der Waals surface area contributed by atoms with Crippen molar-refractivity contribution in [1.82, 2.24) is 0 Å². The first-order chi connectivity index (χ1) is 6.06. The van der Waals surface area contributed by atoms with Crippen LogP contribution in [0, 0.1) is 5.82 Å². The van der Waals surface area contributed by atoms with E-state index in [0.29, 0.717) is 0 Å². The standard InChI is InChI=1S/C8H8FNO3/c1-13-4-2-5(8(11)12)7(10)6(9)3-4/h2-3H,10H2,1H3,(H,11,12). The molecule has 0 radical (unpaired) electrons. The molecule has 0 fully saturated rings. The van der Waals surface area contributed by atoms with Crippen molar-refractivity contribution in [2.75, 3.05) is 12.8 Å². The zero-order valence-corrected chi connectivity index (χ0v) is 6.87. The minimum absolute atomic E-state index is 0.129. The van der Waals surface area contributed by atoms with Crippen LogP contribution in [0.1, 0.15) is 10.4 Å². The van der Waals surface area contributed by atoms with E-state index in [4.69, 9.17) is 10.8 Å². The van der Waals surface area contributed by atoms with Gasteiger partial charge in [0.05, 0.1) is 18.4 Å². The Labute approximate surface area is 73.7 Å². The highest BCUT2D eigenvalue weighted by Gasteiger charge is 2.13. The molecule has 0 aliphatic carbocycles. The Balaban J connectivity index is 3.33. The van der Waals surface area contributed by atoms with Gasteiger partial charge < -0.3 is 15.6 Å². The molecule has 0 aromatic heterocycles. The number of carboxylic acids is 1. The van der Waals surface area contributed by atoms with Gasteiger partial charge in [0, 0.05) is 6.07 Å². The van der Waals surface area contributed by atoms with Gasteiger partial charge in [-0.05, 0) is 6.07 Å². The quantitative estimate of drug-likeness (QED) is 0.677. The lowest BCUT2D eigenvalue weighted by atomic mass is 10.1. The first kappa shape index (κ1) is 9.31. The Morgan fingerprint density at radius 2 is 2.23 bits per heavy atom. The molecule has 0 saturated heterocycles. The highest BCUT2D eigenvalue weighted by atomic mass is 19.1. The Morgan fingerprint density at radius 1 is 1.62 bits per heavy atom. The molecule has 0 unspecified atom stereocenters. The van der Waals surface area contributed by atoms with Crippen molar-refractivity contribution in [3.05, 3.63) is 23.5 Å². The van der Waals surface area contributed by atoms with Gasteiger partial charge in [0.2, 0.25) is 0 Å². The average Bonchev–Trinajstić information content (AvgIpc) is 2.09. The summed E-state index contributed by atoms with van der Waals surface area (Å²) in [4.78, 5) is 10.5. The molecule has 4 nitrogen and oxygen atoms in total. The third kappa shape index (κ3) is 1.69. The van der Waals surface area contributed by atoms with Gasteiger partial charge in [-0.3, -0.25) is 0 Å². The lowest BCUT2D eigenvalue weighted by Gasteiger charge is -2.05. The van der Waals surface area contributed by atoms with E-state index in [9.17, 15) is 9.18 Å². The van der Waals surface area contributed by atoms with Crippen LogP contribution in [0.4, 0.5) is 10.1 Å². The van der Waals surface area contributed by atoms with Gasteiger partial charge >= 0.3 is 5.97 Å². The number of carboxylic acid groups (broad SMARTS) is 1. The van der Waals surface area contributed by atoms with Crippen LogP contribution >= 0.6 is 0 Å². The molecule has 0 atom stereocenters. The van der Waals surface area contributed by atoms with E-state index in [-0.39, 0.29) is 17.0 Å². The third-order valence-electron chi connectivity index (χ3n) is 1.57. The topological polar surface area (TPSA) is 72.5 Å². The Bertz CT molecular complexity index is 351. The maximum absolute atomic E-state index is 12.9. The summed E-state index contributed by atoms with van der Waals surface area (Å²) in [5.74, 6) is -1.95. The fourth-order valence-corrected chi connectivity index (χ4v) is 0.888. The summed E-state index contributed by atoms with van der Waals surface area (Å²) in [6, 6.07) is 2.20. The lowest BCUT2D eigenvalue weighted by Crippen LogP contribution is -2.05. The number of hydrogen-bond acceptors (Lipinski definition) is 3. The van der Waals surface area contributed by atoms with E-state index in [1.54, 1.807) is 0 Å². The normalized spacial score (nSPS) is 9.69. The molecule has 0 amide bonds. The number of rotatable bonds is 2. The van der Waals surface area contributed by atoms with Crippen LogP contribution in [-0.2, 0) is 0 Å². The fraction of sp³-hybridized carbons (Fsp3) is 0.125. The predicted molar refractivity (Wildman–Crippen MR) is 44.3 cm³/mol. The number of methoxy groups -OCH3 is 1. The zero-order valence-electron chi connectivity index (χ0n) is 6.87. The zero-order chi connectivity index (χ0) is 10.0. The Hall–Kier alpha value is -1.78. The van der Waals surface area contributed by atoms with Crippen molar-refractivity contribution in [3.8, 4) is 5.75 Å². The Morgan fingerprint density at radius 3 is 2.69 bits per heavy atom. The number of benzene rings is 1. The van der Waals surface area contributed by atoms with Gasteiger partial charge in [-0.2, -0.15) is 0 Å². The molecular formula is C8H8FNO3. The fourth-order valence-electron chi connectivity index (χ4n) is 0.888. The van der Waals surface area contributed by atoms with Gasteiger partial charge in [-0.1, -0.05) is 0 Å². The predicted octanol–water partition coefficient (Wildman–Crippen LogP) is 1.11. The molecule has 0 spiro atoms. The second kappa shape index (κ2) is 3.30. The van der Waals surface area contributed by atoms with Gasteiger partial charge in [0.15, 0.2) is 5.82 Å². The van der Waals surface area contributed by atoms with Gasteiger partial charge in [0.1, 0.15) is 5.75 Å². The number of hydrogen-bond donors (Lipinski definition) is 2. The van der Waals surface area contributed by atoms with Gasteiger partial charge in [0.25, 0.3) is 0 Å². The third-order valence-corrected chi connectivity index (χ3v) is 1.57. The molecule has 0 saturated carbocycles. The van der Waals surface area contributed by atoms with Crippen molar-refractivity contribution in [2.24, 2.45) is 0 Å². The maximum Gasteiger partial charge on any atom is 0.338 e. The van der Waals surface area contributed by atoms with Crippen LogP contribution in [0.25, 0.3) is 0 Å². The molecule has 0 bridgehead atoms. The highest BCUT2D eigenvalue weighted by Crippen LogP contribution is 2.23. The van der Waals surface area contributed by atoms with Crippen LogP contribution in [0.3, 0.4) is 0 Å². The van der Waals surface area contributed by atoms with Gasteiger partial charge in [-0.15, -0.1) is 0 Å². The van der Waals surface area contributed by atoms with Crippen molar-refractivity contribution in [1.29, 1.82) is 0 Å². The highest BCUT2D eigenvalue weighted by molar-refractivity contribution is 5.94. The minimum Gasteiger partial charge on any atom is -0.497 e. The molecule has 1 aromatic carbocycles. The SMILES string of the molecule is COc1cc(F)c(N)c(C(=O)O)c1. The first-order valence-electron chi connectivity index (χ1n) is 3.42. The number of nitrogens with two attached hydrogens (primary N) is 1. The van der Waals surface area contributed by atoms with E-state index >= 15 is 0 Å². The van der Waals surface area contributed by atoms with E-state index < -0.39 is 11.8 Å². The van der Waals surface area contributed by atoms with Crippen LogP contribution < -0.4 is 10.5 Å². The summed E-state index contributed by atoms with van der Waals surface area (Å²) in [7, 11) is 1.32. The van der Waals surface area contributed by atoms with Crippen molar-refractivity contribution < 1.29 is 19.0 Å².